The summed E-state index contributed by atoms with van der Waals surface area (Å²) in [5, 5.41) is 3.76. The molecule has 0 saturated carbocycles. The largest absolute Gasteiger partial charge is 0.455 e. The Morgan fingerprint density at radius 2 is 1.44 bits per heavy atom. The number of nitrogens with zero attached hydrogens (tertiary/aromatic N) is 3. The topological polar surface area (TPSA) is 25.8 Å². The minimum atomic E-state index is -1.60. The quantitative estimate of drug-likeness (QED) is 0.130. The first-order valence-corrected chi connectivity index (χ1v) is 23.8. The lowest BCUT2D eigenvalue weighted by Crippen LogP contribution is -2.52. The number of aromatic nitrogens is 3. The Morgan fingerprint density at radius 1 is 0.702 bits per heavy atom. The Labute approximate surface area is 334 Å². The van der Waals surface area contributed by atoms with Crippen LogP contribution in [0, 0.1) is 0 Å². The Morgan fingerprint density at radius 3 is 2.28 bits per heavy atom. The van der Waals surface area contributed by atoms with Crippen molar-refractivity contribution >= 4 is 51.9 Å². The van der Waals surface area contributed by atoms with Gasteiger partial charge in [-0.15, -0.1) is 0 Å². The highest BCUT2D eigenvalue weighted by Crippen LogP contribution is 2.47. The van der Waals surface area contributed by atoms with Gasteiger partial charge in [0.1, 0.15) is 22.5 Å². The molecule has 4 nitrogen and oxygen atoms in total. The highest BCUT2D eigenvalue weighted by atomic mass is 28.3. The number of fused-ring (bicyclic) bond motifs is 15. The van der Waals surface area contributed by atoms with E-state index in [-0.39, 0.29) is 6.04 Å². The van der Waals surface area contributed by atoms with Crippen LogP contribution in [-0.4, -0.2) is 12.6 Å². The summed E-state index contributed by atoms with van der Waals surface area (Å²) in [4.78, 5) is 0. The molecule has 0 N–H and O–H groups in total. The van der Waals surface area contributed by atoms with Gasteiger partial charge < -0.3 is 4.42 Å². The number of imidazole rings is 1. The van der Waals surface area contributed by atoms with Crippen molar-refractivity contribution in [2.45, 2.75) is 50.9 Å². The van der Waals surface area contributed by atoms with Crippen LogP contribution in [0.4, 0.5) is 0 Å². The fraction of sp³-hybridized carbons (Fsp3) is 0.154. The van der Waals surface area contributed by atoms with E-state index in [1.54, 1.807) is 0 Å². The predicted octanol–water partition coefficient (Wildman–Crippen LogP) is 11.8. The number of aryl methyl sites for hydroxylation is 1. The Balaban J connectivity index is 1.20. The number of hydrogen-bond donors (Lipinski definition) is 0. The van der Waals surface area contributed by atoms with Crippen LogP contribution in [0.3, 0.4) is 0 Å². The minimum Gasteiger partial charge on any atom is -0.455 e. The molecule has 5 heteroatoms. The lowest BCUT2D eigenvalue weighted by atomic mass is 9.77. The van der Waals surface area contributed by atoms with Crippen molar-refractivity contribution in [3.05, 3.63) is 176 Å². The van der Waals surface area contributed by atoms with E-state index in [0.29, 0.717) is 5.92 Å². The first-order chi connectivity index (χ1) is 27.8. The number of hydrogen-bond acceptors (Lipinski definition) is 1. The van der Waals surface area contributed by atoms with E-state index in [1.807, 2.05) is 0 Å². The second-order valence-corrected chi connectivity index (χ2v) is 22.1. The van der Waals surface area contributed by atoms with Crippen LogP contribution >= 0.6 is 0 Å². The Hall–Kier alpha value is -6.30. The molecule has 2 atom stereocenters. The number of pyridine rings is 1. The van der Waals surface area contributed by atoms with Crippen molar-refractivity contribution in [2.75, 3.05) is 0 Å². The number of allylic oxidation sites excluding steroid dienone is 1. The molecule has 6 aromatic carbocycles. The lowest BCUT2D eigenvalue weighted by Gasteiger charge is -2.32. The van der Waals surface area contributed by atoms with Crippen LogP contribution in [0.25, 0.3) is 78.1 Å². The van der Waals surface area contributed by atoms with Gasteiger partial charge in [0.05, 0.1) is 14.5 Å². The van der Waals surface area contributed by atoms with Crippen molar-refractivity contribution < 1.29 is 13.6 Å². The normalized spacial score (nSPS) is 16.5. The van der Waals surface area contributed by atoms with Gasteiger partial charge in [-0.05, 0) is 71.5 Å². The van der Waals surface area contributed by atoms with E-state index in [1.165, 1.54) is 38.7 Å². The van der Waals surface area contributed by atoms with Gasteiger partial charge in [0, 0.05) is 33.5 Å². The van der Waals surface area contributed by atoms with Gasteiger partial charge in [-0.1, -0.05) is 135 Å². The van der Waals surface area contributed by atoms with Crippen molar-refractivity contribution in [3.63, 3.8) is 0 Å². The van der Waals surface area contributed by atoms with E-state index < -0.39 is 8.07 Å². The standard InChI is InChI=1S/C52H45N3OSi/c1-34-32-48-42(40-16-8-9-17-41(40)45-31-28-39(33-53(45)48)57(2,3)4)29-24-37-25-30-44-43-18-10-13-21-49(43)56-51(44)50(37)52-54(34)46-19-11-12-20-47(46)55(52)38-26-22-36(23-27-38)35-14-6-5-7-15-35/h5-23,25-28,30-31,33,42,48H,1,24,29,32H2,2-4H3/q+2. The first kappa shape index (κ1) is 34.0. The molecule has 3 aromatic heterocycles. The number of benzene rings is 6. The van der Waals surface area contributed by atoms with E-state index >= 15 is 0 Å². The van der Waals surface area contributed by atoms with E-state index in [4.69, 9.17) is 11.0 Å². The zero-order chi connectivity index (χ0) is 38.4. The van der Waals surface area contributed by atoms with Crippen LogP contribution in [0.15, 0.2) is 169 Å². The summed E-state index contributed by atoms with van der Waals surface area (Å²) in [5.74, 6) is 1.39. The molecule has 0 fully saturated rings. The number of para-hydroxylation sites is 3. The molecule has 0 aliphatic carbocycles. The van der Waals surface area contributed by atoms with E-state index in [9.17, 15) is 0 Å². The van der Waals surface area contributed by atoms with E-state index in [0.717, 1.165) is 75.0 Å². The summed E-state index contributed by atoms with van der Waals surface area (Å²) in [6.07, 6.45) is 5.21. The molecule has 2 aliphatic rings. The van der Waals surface area contributed by atoms with E-state index in [2.05, 4.69) is 191 Å². The number of furan rings is 1. The third kappa shape index (κ3) is 5.33. The monoisotopic (exact) mass is 755 g/mol. The molecule has 276 valence electrons. The molecule has 0 spiro atoms. The highest BCUT2D eigenvalue weighted by molar-refractivity contribution is 6.88. The molecular formula is C52H45N3OSi+2. The average molecular weight is 756 g/mol. The molecule has 2 unspecified atom stereocenters. The van der Waals surface area contributed by atoms with Gasteiger partial charge in [-0.2, -0.15) is 13.7 Å². The van der Waals surface area contributed by atoms with Crippen LogP contribution in [0.5, 0.6) is 0 Å². The van der Waals surface area contributed by atoms with Crippen LogP contribution < -0.4 is 14.3 Å². The molecule has 57 heavy (non-hydrogen) atoms. The summed E-state index contributed by atoms with van der Waals surface area (Å²) in [6.45, 7) is 12.4. The maximum Gasteiger partial charge on any atom is 0.304 e. The number of rotatable bonds is 3. The van der Waals surface area contributed by atoms with Gasteiger partial charge in [0.15, 0.2) is 28.9 Å². The minimum absolute atomic E-state index is 0.197. The fourth-order valence-corrected chi connectivity index (χ4v) is 11.0. The maximum absolute atomic E-state index is 6.97. The summed E-state index contributed by atoms with van der Waals surface area (Å²) >= 11 is 0. The summed E-state index contributed by atoms with van der Waals surface area (Å²) < 4.78 is 14.5. The Bertz CT molecular complexity index is 3060. The SMILES string of the molecule is C=C1CC2C(CCc3ccc4c(oc5ccccc54)c3-c3n1c1ccccc1[n+]3-c1ccc(-c3ccccc3)cc1)c1ccccc1-c1ccc([Si](C)(C)C)c[n+]12. The fourth-order valence-electron chi connectivity index (χ4n) is 9.84. The Kier molecular flexibility index (Phi) is 7.67. The summed E-state index contributed by atoms with van der Waals surface area (Å²) in [5.41, 5.74) is 15.2. The zero-order valence-corrected chi connectivity index (χ0v) is 33.7. The lowest BCUT2D eigenvalue weighted by molar-refractivity contribution is -0.716. The molecule has 0 radical (unpaired) electrons. The molecule has 5 heterocycles. The van der Waals surface area contributed by atoms with Gasteiger partial charge in [-0.25, -0.2) is 0 Å². The average Bonchev–Trinajstić information content (AvgIpc) is 3.79. The van der Waals surface area contributed by atoms with Crippen molar-refractivity contribution in [1.82, 2.24) is 4.57 Å². The molecule has 9 aromatic rings. The molecule has 0 bridgehead atoms. The summed E-state index contributed by atoms with van der Waals surface area (Å²) in [6, 6.07) is 55.8. The maximum atomic E-state index is 6.97. The van der Waals surface area contributed by atoms with Crippen molar-refractivity contribution in [1.29, 1.82) is 0 Å². The van der Waals surface area contributed by atoms with Gasteiger partial charge in [0.25, 0.3) is 0 Å². The third-order valence-corrected chi connectivity index (χ3v) is 14.7. The van der Waals surface area contributed by atoms with Gasteiger partial charge >= 0.3 is 5.82 Å². The van der Waals surface area contributed by atoms with Crippen LogP contribution in [-0.2, 0) is 6.42 Å². The molecular weight excluding hydrogens is 711 g/mol. The van der Waals surface area contributed by atoms with Gasteiger partial charge in [0.2, 0.25) is 5.69 Å². The predicted molar refractivity (Wildman–Crippen MR) is 237 cm³/mol. The summed E-state index contributed by atoms with van der Waals surface area (Å²) in [7, 11) is -1.60. The molecule has 11 rings (SSSR count). The molecule has 0 amide bonds. The second-order valence-electron chi connectivity index (χ2n) is 17.0. The zero-order valence-electron chi connectivity index (χ0n) is 32.7. The third-order valence-electron chi connectivity index (χ3n) is 12.7. The molecule has 0 saturated heterocycles. The van der Waals surface area contributed by atoms with Crippen LogP contribution in [0.1, 0.15) is 35.9 Å². The van der Waals surface area contributed by atoms with Crippen LogP contribution in [0.2, 0.25) is 19.6 Å². The van der Waals surface area contributed by atoms with Crippen molar-refractivity contribution in [3.8, 4) is 39.5 Å². The highest BCUT2D eigenvalue weighted by Gasteiger charge is 2.44. The molecule has 2 aliphatic heterocycles. The first-order valence-electron chi connectivity index (χ1n) is 20.3. The smallest absolute Gasteiger partial charge is 0.304 e. The van der Waals surface area contributed by atoms with Crippen molar-refractivity contribution in [2.24, 2.45) is 0 Å². The van der Waals surface area contributed by atoms with Gasteiger partial charge in [-0.3, -0.25) is 0 Å². The second kappa shape index (κ2) is 12.9.